The SMILES string of the molecule is Cn1c(CCNS(=O)(=O)c2cccs2)nc2ccccc2c1=O. The van der Waals surface area contributed by atoms with Crippen LogP contribution in [0.25, 0.3) is 10.9 Å². The Morgan fingerprint density at radius 3 is 2.74 bits per heavy atom. The van der Waals surface area contributed by atoms with Gasteiger partial charge in [-0.2, -0.15) is 0 Å². The minimum atomic E-state index is -3.50. The van der Waals surface area contributed by atoms with Gasteiger partial charge in [0, 0.05) is 20.0 Å². The summed E-state index contributed by atoms with van der Waals surface area (Å²) in [7, 11) is -1.86. The highest BCUT2D eigenvalue weighted by molar-refractivity contribution is 7.91. The van der Waals surface area contributed by atoms with Gasteiger partial charge in [0.15, 0.2) is 0 Å². The first-order chi connectivity index (χ1) is 11.0. The molecule has 3 aromatic rings. The van der Waals surface area contributed by atoms with Crippen LogP contribution in [0, 0.1) is 0 Å². The van der Waals surface area contributed by atoms with Crippen molar-refractivity contribution in [3.63, 3.8) is 0 Å². The van der Waals surface area contributed by atoms with Gasteiger partial charge in [0.25, 0.3) is 5.56 Å². The molecule has 2 aromatic heterocycles. The third-order valence-corrected chi connectivity index (χ3v) is 6.33. The maximum atomic E-state index is 12.3. The second-order valence-corrected chi connectivity index (χ2v) is 7.93. The molecule has 0 aliphatic heterocycles. The number of thiophene rings is 1. The lowest BCUT2D eigenvalue weighted by Crippen LogP contribution is -2.29. The molecule has 2 heterocycles. The summed E-state index contributed by atoms with van der Waals surface area (Å²) >= 11 is 1.16. The van der Waals surface area contributed by atoms with Crippen LogP contribution in [0.5, 0.6) is 0 Å². The summed E-state index contributed by atoms with van der Waals surface area (Å²) in [5.74, 6) is 0.544. The van der Waals surface area contributed by atoms with Gasteiger partial charge in [0.05, 0.1) is 10.9 Å². The molecule has 0 aliphatic carbocycles. The van der Waals surface area contributed by atoms with E-state index < -0.39 is 10.0 Å². The summed E-state index contributed by atoms with van der Waals surface area (Å²) < 4.78 is 28.4. The summed E-state index contributed by atoms with van der Waals surface area (Å²) in [6.45, 7) is 0.179. The molecule has 1 N–H and O–H groups in total. The minimum absolute atomic E-state index is 0.133. The number of nitrogens with one attached hydrogen (secondary N) is 1. The number of hydrogen-bond acceptors (Lipinski definition) is 5. The van der Waals surface area contributed by atoms with Gasteiger partial charge in [-0.1, -0.05) is 18.2 Å². The molecule has 0 saturated carbocycles. The van der Waals surface area contributed by atoms with Crippen LogP contribution in [0.3, 0.4) is 0 Å². The second kappa shape index (κ2) is 6.23. The van der Waals surface area contributed by atoms with Gasteiger partial charge >= 0.3 is 0 Å². The van der Waals surface area contributed by atoms with Gasteiger partial charge < -0.3 is 0 Å². The van der Waals surface area contributed by atoms with E-state index in [9.17, 15) is 13.2 Å². The number of aromatic nitrogens is 2. The van der Waals surface area contributed by atoms with Crippen molar-refractivity contribution in [3.05, 3.63) is 58.0 Å². The van der Waals surface area contributed by atoms with E-state index in [-0.39, 0.29) is 16.3 Å². The number of hydrogen-bond donors (Lipinski definition) is 1. The van der Waals surface area contributed by atoms with Crippen LogP contribution in [0.1, 0.15) is 5.82 Å². The third-order valence-electron chi connectivity index (χ3n) is 3.48. The maximum Gasteiger partial charge on any atom is 0.261 e. The fraction of sp³-hybridized carbons (Fsp3) is 0.200. The van der Waals surface area contributed by atoms with Crippen LogP contribution in [0.2, 0.25) is 0 Å². The molecule has 120 valence electrons. The first kappa shape index (κ1) is 15.9. The van der Waals surface area contributed by atoms with Gasteiger partial charge in [0.2, 0.25) is 10.0 Å². The van der Waals surface area contributed by atoms with E-state index in [0.29, 0.717) is 23.1 Å². The molecule has 0 unspecified atom stereocenters. The van der Waals surface area contributed by atoms with Crippen LogP contribution in [-0.2, 0) is 23.5 Å². The molecule has 0 amide bonds. The summed E-state index contributed by atoms with van der Waals surface area (Å²) in [5.41, 5.74) is 0.485. The van der Waals surface area contributed by atoms with Crippen molar-refractivity contribution in [1.82, 2.24) is 14.3 Å². The first-order valence-corrected chi connectivity index (χ1v) is 9.33. The molecule has 0 atom stereocenters. The first-order valence-electron chi connectivity index (χ1n) is 6.97. The zero-order chi connectivity index (χ0) is 16.4. The molecule has 0 bridgehead atoms. The Kier molecular flexibility index (Phi) is 4.29. The number of nitrogens with zero attached hydrogens (tertiary/aromatic N) is 2. The Balaban J connectivity index is 1.80. The number of fused-ring (bicyclic) bond motifs is 1. The molecule has 0 radical (unpaired) electrons. The smallest absolute Gasteiger partial charge is 0.261 e. The summed E-state index contributed by atoms with van der Waals surface area (Å²) in [6.07, 6.45) is 0.335. The Hall–Kier alpha value is -2.03. The van der Waals surface area contributed by atoms with Gasteiger partial charge in [0.1, 0.15) is 10.0 Å². The molecule has 0 fully saturated rings. The van der Waals surface area contributed by atoms with Crippen molar-refractivity contribution < 1.29 is 8.42 Å². The highest BCUT2D eigenvalue weighted by atomic mass is 32.2. The van der Waals surface area contributed by atoms with Crippen molar-refractivity contribution >= 4 is 32.3 Å². The van der Waals surface area contributed by atoms with Crippen LogP contribution in [0.15, 0.2) is 50.8 Å². The summed E-state index contributed by atoms with van der Waals surface area (Å²) in [5, 5.41) is 2.27. The normalized spacial score (nSPS) is 11.9. The van der Waals surface area contributed by atoms with Crippen molar-refractivity contribution in [3.8, 4) is 0 Å². The highest BCUT2D eigenvalue weighted by Crippen LogP contribution is 2.15. The average Bonchev–Trinajstić information content (AvgIpc) is 3.07. The predicted molar refractivity (Wildman–Crippen MR) is 90.2 cm³/mol. The Bertz CT molecular complexity index is 992. The van der Waals surface area contributed by atoms with Gasteiger partial charge in [-0.15, -0.1) is 11.3 Å². The van der Waals surface area contributed by atoms with Crippen molar-refractivity contribution in [2.45, 2.75) is 10.6 Å². The van der Waals surface area contributed by atoms with Crippen LogP contribution >= 0.6 is 11.3 Å². The van der Waals surface area contributed by atoms with Crippen LogP contribution < -0.4 is 10.3 Å². The molecule has 0 spiro atoms. The standard InChI is InChI=1S/C15H15N3O3S2/c1-18-13(17-12-6-3-2-5-11(12)15(18)19)8-9-16-23(20,21)14-7-4-10-22-14/h2-7,10,16H,8-9H2,1H3. The fourth-order valence-electron chi connectivity index (χ4n) is 2.27. The molecular weight excluding hydrogens is 334 g/mol. The van der Waals surface area contributed by atoms with E-state index in [1.165, 1.54) is 4.57 Å². The predicted octanol–water partition coefficient (Wildman–Crippen LogP) is 1.52. The molecule has 23 heavy (non-hydrogen) atoms. The lowest BCUT2D eigenvalue weighted by Gasteiger charge is -2.09. The third kappa shape index (κ3) is 3.19. The van der Waals surface area contributed by atoms with E-state index in [0.717, 1.165) is 11.3 Å². The van der Waals surface area contributed by atoms with E-state index in [2.05, 4.69) is 9.71 Å². The molecule has 1 aromatic carbocycles. The average molecular weight is 349 g/mol. The van der Waals surface area contributed by atoms with Crippen molar-refractivity contribution in [1.29, 1.82) is 0 Å². The number of rotatable bonds is 5. The molecule has 6 nitrogen and oxygen atoms in total. The fourth-order valence-corrected chi connectivity index (χ4v) is 4.34. The summed E-state index contributed by atoms with van der Waals surface area (Å²) in [4.78, 5) is 16.7. The van der Waals surface area contributed by atoms with Gasteiger partial charge in [-0.05, 0) is 23.6 Å². The lowest BCUT2D eigenvalue weighted by atomic mass is 10.2. The van der Waals surface area contributed by atoms with Gasteiger partial charge in [-0.25, -0.2) is 18.1 Å². The topological polar surface area (TPSA) is 81.1 Å². The van der Waals surface area contributed by atoms with Crippen molar-refractivity contribution in [2.24, 2.45) is 7.05 Å². The zero-order valence-electron chi connectivity index (χ0n) is 12.4. The van der Waals surface area contributed by atoms with Gasteiger partial charge in [-0.3, -0.25) is 9.36 Å². The molecule has 0 saturated heterocycles. The van der Waals surface area contributed by atoms with E-state index in [1.807, 2.05) is 6.07 Å². The molecule has 0 aliphatic rings. The molecule has 3 rings (SSSR count). The minimum Gasteiger partial charge on any atom is -0.299 e. The Morgan fingerprint density at radius 1 is 1.22 bits per heavy atom. The Morgan fingerprint density at radius 2 is 2.00 bits per heavy atom. The summed E-state index contributed by atoms with van der Waals surface area (Å²) in [6, 6.07) is 10.4. The van der Waals surface area contributed by atoms with Crippen LogP contribution in [0.4, 0.5) is 0 Å². The lowest BCUT2D eigenvalue weighted by molar-refractivity contribution is 0.581. The monoisotopic (exact) mass is 349 g/mol. The number of para-hydroxylation sites is 1. The Labute approximate surface area is 137 Å². The van der Waals surface area contributed by atoms with Crippen LogP contribution in [-0.4, -0.2) is 24.5 Å². The molecule has 8 heteroatoms. The van der Waals surface area contributed by atoms with E-state index in [1.54, 1.807) is 42.8 Å². The maximum absolute atomic E-state index is 12.3. The van der Waals surface area contributed by atoms with E-state index in [4.69, 9.17) is 0 Å². The number of sulfonamides is 1. The highest BCUT2D eigenvalue weighted by Gasteiger charge is 2.15. The largest absolute Gasteiger partial charge is 0.299 e. The zero-order valence-corrected chi connectivity index (χ0v) is 14.0. The molecular formula is C15H15N3O3S2. The van der Waals surface area contributed by atoms with E-state index >= 15 is 0 Å². The van der Waals surface area contributed by atoms with Crippen molar-refractivity contribution in [2.75, 3.05) is 6.54 Å². The quantitative estimate of drug-likeness (QED) is 0.757. The second-order valence-electron chi connectivity index (χ2n) is 4.99. The number of benzene rings is 1.